The molecule has 0 spiro atoms. The van der Waals surface area contributed by atoms with Crippen LogP contribution in [0.1, 0.15) is 17.6 Å². The van der Waals surface area contributed by atoms with E-state index in [1.54, 1.807) is 13.2 Å². The van der Waals surface area contributed by atoms with E-state index in [1.807, 2.05) is 6.26 Å². The smallest absolute Gasteiger partial charge is 0.377 e. The number of phosphoric ester groups is 1. The predicted molar refractivity (Wildman–Crippen MR) is 124 cm³/mol. The molecule has 2 heterocycles. The molecule has 1 aromatic heterocycles. The summed E-state index contributed by atoms with van der Waals surface area (Å²) in [7, 11) is -11.8. The van der Waals surface area contributed by atoms with Gasteiger partial charge >= 0.3 is 23.5 Å². The number of aryl methyl sites for hydroxylation is 1. The van der Waals surface area contributed by atoms with Crippen molar-refractivity contribution >= 4 is 72.6 Å². The van der Waals surface area contributed by atoms with E-state index in [0.29, 0.717) is 17.3 Å². The Balaban J connectivity index is 2.05. The molecule has 2 rings (SSSR count). The van der Waals surface area contributed by atoms with Gasteiger partial charge in [0.05, 0.1) is 18.9 Å². The van der Waals surface area contributed by atoms with Crippen molar-refractivity contribution in [1.29, 1.82) is 0 Å². The molecular formula is C10H20BIN3O12P3S2. The topological polar surface area (TPSA) is 209 Å². The number of hydrogen-bond donors (Lipinski definition) is 4. The van der Waals surface area contributed by atoms with Gasteiger partial charge in [0, 0.05) is 13.1 Å². The average molecular weight is 669 g/mol. The summed E-state index contributed by atoms with van der Waals surface area (Å²) in [4.78, 5) is 36.1. The van der Waals surface area contributed by atoms with Crippen molar-refractivity contribution in [1.82, 2.24) is 15.0 Å². The van der Waals surface area contributed by atoms with Gasteiger partial charge in [-0.15, -0.1) is 5.10 Å². The fourth-order valence-electron chi connectivity index (χ4n) is 2.52. The molecule has 1 aliphatic heterocycles. The second-order valence-corrected chi connectivity index (χ2v) is 14.0. The van der Waals surface area contributed by atoms with Crippen LogP contribution >= 0.6 is 67.4 Å². The number of hydrogen-bond acceptors (Lipinski definition) is 12. The van der Waals surface area contributed by atoms with Crippen LogP contribution in [-0.2, 0) is 43.4 Å². The molecule has 15 nitrogen and oxygen atoms in total. The number of halogens is 1. The maximum Gasteiger partial charge on any atom is 0.490 e. The molecule has 6 unspecified atom stereocenters. The maximum absolute atomic E-state index is 12.0. The van der Waals surface area contributed by atoms with Crippen LogP contribution < -0.4 is 0 Å². The Morgan fingerprint density at radius 3 is 2.53 bits per heavy atom. The number of ether oxygens (including phenoxy) is 2. The number of aromatic nitrogens is 3. The third kappa shape index (κ3) is 9.91. The number of phosphoric acid groups is 3. The normalized spacial score (nSPS) is 26.4. The Morgan fingerprint density at radius 2 is 2.00 bits per heavy atom. The third-order valence-electron chi connectivity index (χ3n) is 3.61. The van der Waals surface area contributed by atoms with Crippen molar-refractivity contribution < 1.29 is 55.9 Å². The van der Waals surface area contributed by atoms with Crippen molar-refractivity contribution in [2.45, 2.75) is 30.1 Å². The number of rotatable bonds is 13. The lowest BCUT2D eigenvalue weighted by atomic mass is 9.96. The minimum atomic E-state index is -5.60. The van der Waals surface area contributed by atoms with Gasteiger partial charge in [-0.05, 0) is 12.7 Å². The van der Waals surface area contributed by atoms with Gasteiger partial charge in [-0.2, -0.15) is 31.0 Å². The molecule has 0 aliphatic carbocycles. The van der Waals surface area contributed by atoms with Crippen molar-refractivity contribution in [3.8, 4) is 0 Å². The molecule has 1 saturated heterocycles. The third-order valence-corrected chi connectivity index (χ3v) is 10.2. The fraction of sp³-hybridized carbons (Fsp3) is 0.800. The van der Waals surface area contributed by atoms with Gasteiger partial charge in [0.15, 0.2) is 5.44 Å². The van der Waals surface area contributed by atoms with Gasteiger partial charge in [0.1, 0.15) is 11.8 Å². The van der Waals surface area contributed by atoms with Gasteiger partial charge in [0.2, 0.25) is 5.14 Å². The van der Waals surface area contributed by atoms with E-state index in [1.165, 1.54) is 26.3 Å². The Morgan fingerprint density at radius 1 is 1.31 bits per heavy atom. The molecule has 0 amide bonds. The summed E-state index contributed by atoms with van der Waals surface area (Å²) in [6.07, 6.45) is 2.50. The zero-order chi connectivity index (χ0) is 24.2. The van der Waals surface area contributed by atoms with Crippen LogP contribution in [0.4, 0.5) is 0 Å². The van der Waals surface area contributed by atoms with Gasteiger partial charge in [-0.3, -0.25) is 9.21 Å². The van der Waals surface area contributed by atoms with E-state index in [-0.39, 0.29) is 6.00 Å². The van der Waals surface area contributed by atoms with Crippen molar-refractivity contribution in [2.24, 2.45) is 7.05 Å². The fourth-order valence-corrected chi connectivity index (χ4v) is 7.65. The molecule has 1 aromatic rings. The summed E-state index contributed by atoms with van der Waals surface area (Å²) in [6, 6.07) is -0.253. The van der Waals surface area contributed by atoms with Crippen LogP contribution in [0.15, 0.2) is 6.20 Å². The first-order valence-corrected chi connectivity index (χ1v) is 17.1. The summed E-state index contributed by atoms with van der Waals surface area (Å²) >= 11 is 2.10. The molecule has 22 heteroatoms. The highest BCUT2D eigenvalue weighted by Gasteiger charge is 2.43. The van der Waals surface area contributed by atoms with Crippen LogP contribution in [0.3, 0.4) is 0 Å². The monoisotopic (exact) mass is 669 g/mol. The van der Waals surface area contributed by atoms with E-state index >= 15 is 0 Å². The molecule has 184 valence electrons. The minimum Gasteiger partial charge on any atom is -0.377 e. The molecule has 4 N–H and O–H groups in total. The van der Waals surface area contributed by atoms with E-state index in [2.05, 4.69) is 41.3 Å². The van der Waals surface area contributed by atoms with Gasteiger partial charge in [0.25, 0.3) is 0 Å². The summed E-state index contributed by atoms with van der Waals surface area (Å²) < 4.78 is 59.7. The molecule has 0 radical (unpaired) electrons. The summed E-state index contributed by atoms with van der Waals surface area (Å²) in [6.45, 7) is -0.585. The lowest BCUT2D eigenvalue weighted by Gasteiger charge is -2.24. The van der Waals surface area contributed by atoms with Gasteiger partial charge in [-0.1, -0.05) is 26.8 Å². The van der Waals surface area contributed by atoms with Gasteiger partial charge in [-0.25, -0.2) is 13.7 Å². The van der Waals surface area contributed by atoms with Crippen LogP contribution in [-0.4, -0.2) is 70.8 Å². The summed E-state index contributed by atoms with van der Waals surface area (Å²) in [5.74, 6) is 0. The highest BCUT2D eigenvalue weighted by molar-refractivity contribution is 14.1. The molecule has 6 atom stereocenters. The van der Waals surface area contributed by atoms with Crippen molar-refractivity contribution in [2.75, 3.05) is 12.9 Å². The molecule has 1 fully saturated rings. The lowest BCUT2D eigenvalue weighted by Crippen LogP contribution is -2.30. The summed E-state index contributed by atoms with van der Waals surface area (Å²) in [5, 5.41) is 8.50. The highest BCUT2D eigenvalue weighted by Crippen LogP contribution is 2.66. The molecule has 1 aliphatic rings. The molecule has 0 aromatic carbocycles. The Labute approximate surface area is 204 Å². The van der Waals surface area contributed by atoms with Crippen LogP contribution in [0, 0.1) is 0 Å². The van der Waals surface area contributed by atoms with E-state index < -0.39 is 47.7 Å². The first-order chi connectivity index (χ1) is 14.7. The van der Waals surface area contributed by atoms with E-state index in [0.717, 1.165) is 0 Å². The predicted octanol–water partition coefficient (Wildman–Crippen LogP) is 1.45. The van der Waals surface area contributed by atoms with Crippen LogP contribution in [0.5, 0.6) is 0 Å². The van der Waals surface area contributed by atoms with Crippen molar-refractivity contribution in [3.05, 3.63) is 11.9 Å². The Kier molecular flexibility index (Phi) is 11.2. The standard InChI is InChI=1S/C10H20BIN3O12P3S2/c1-15-4-6(13-14-15)10(32-31-2)25-7-3-9(11-12)24-8(7)5-23-29(19,20)27-30(21,22)26-28(16,17)18/h4,7-11H,3,5H2,1-2H3,(H,19,20)(H,21,22)(H2,16,17,18). The highest BCUT2D eigenvalue weighted by atomic mass is 127. The zero-order valence-corrected chi connectivity index (χ0v) is 22.9. The molecule has 32 heavy (non-hydrogen) atoms. The zero-order valence-electron chi connectivity index (χ0n) is 16.4. The van der Waals surface area contributed by atoms with Crippen LogP contribution in [0.25, 0.3) is 0 Å². The van der Waals surface area contributed by atoms with E-state index in [9.17, 15) is 23.5 Å². The van der Waals surface area contributed by atoms with Crippen LogP contribution in [0.2, 0.25) is 0 Å². The Bertz CT molecular complexity index is 909. The van der Waals surface area contributed by atoms with Crippen molar-refractivity contribution in [3.63, 3.8) is 0 Å². The first-order valence-electron chi connectivity index (χ1n) is 8.44. The van der Waals surface area contributed by atoms with E-state index in [4.69, 9.17) is 23.8 Å². The Hall–Kier alpha value is 0.965. The minimum absolute atomic E-state index is 0.253. The largest absolute Gasteiger partial charge is 0.490 e. The number of nitrogens with zero attached hydrogens (tertiary/aromatic N) is 3. The lowest BCUT2D eigenvalue weighted by molar-refractivity contribution is -0.0455. The maximum atomic E-state index is 12.0. The quantitative estimate of drug-likeness (QED) is 0.0771. The molecule has 0 saturated carbocycles. The second-order valence-electron chi connectivity index (χ2n) is 6.16. The molecular weight excluding hydrogens is 649 g/mol. The second kappa shape index (κ2) is 12.3. The average Bonchev–Trinajstić information content (AvgIpc) is 3.22. The first kappa shape index (κ1) is 29.2. The molecule has 0 bridgehead atoms. The van der Waals surface area contributed by atoms with Gasteiger partial charge < -0.3 is 29.0 Å². The summed E-state index contributed by atoms with van der Waals surface area (Å²) in [5.41, 5.74) is 0.0191. The SMILES string of the molecule is CSSC(OC1CC(BI)OC1COP(=O)(O)OP(=O)(O)OP(=O)(O)O)c1cn(C)nn1.